The molecule has 0 saturated carbocycles. The predicted octanol–water partition coefficient (Wildman–Crippen LogP) is 3.25. The number of benzene rings is 2. The summed E-state index contributed by atoms with van der Waals surface area (Å²) in [4.78, 5) is 32.9. The highest BCUT2D eigenvalue weighted by Gasteiger charge is 2.53. The summed E-state index contributed by atoms with van der Waals surface area (Å²) in [5.74, 6) is -0.448. The van der Waals surface area contributed by atoms with Gasteiger partial charge >= 0.3 is 11.9 Å². The van der Waals surface area contributed by atoms with E-state index in [4.69, 9.17) is 9.47 Å². The summed E-state index contributed by atoms with van der Waals surface area (Å²) < 4.78 is 10.5. The van der Waals surface area contributed by atoms with E-state index in [9.17, 15) is 9.59 Å². The smallest absolute Gasteiger partial charge is 0.323 e. The Morgan fingerprint density at radius 1 is 0.735 bits per heavy atom. The standard InChI is InChI=1S/C27H35N3O4/c1-4-15-28-24-16-22(26(31)33-2)29(18-20-11-7-5-8-12-20)25(28)17-23(27(32)34-3)30(24)19-21-13-9-6-10-14-21/h5-14,22-25H,4,15-19H2,1-3H3/t22-,23-,24+,25+/m1/s1. The van der Waals surface area contributed by atoms with Crippen molar-refractivity contribution in [3.63, 3.8) is 0 Å². The number of nitrogens with zero attached hydrogens (tertiary/aromatic N) is 3. The molecule has 0 amide bonds. The zero-order valence-electron chi connectivity index (χ0n) is 20.3. The van der Waals surface area contributed by atoms with Crippen LogP contribution in [0.2, 0.25) is 0 Å². The molecule has 0 spiro atoms. The second-order valence-corrected chi connectivity index (χ2v) is 9.06. The Bertz CT molecular complexity index is 879. The molecule has 7 nitrogen and oxygen atoms in total. The van der Waals surface area contributed by atoms with Crippen molar-refractivity contribution in [1.29, 1.82) is 0 Å². The summed E-state index contributed by atoms with van der Waals surface area (Å²) >= 11 is 0. The summed E-state index contributed by atoms with van der Waals surface area (Å²) in [6.45, 7) is 4.28. The van der Waals surface area contributed by atoms with E-state index in [0.717, 1.165) is 24.1 Å². The van der Waals surface area contributed by atoms with Gasteiger partial charge in [0.1, 0.15) is 12.1 Å². The van der Waals surface area contributed by atoms with Crippen LogP contribution in [0.15, 0.2) is 60.7 Å². The van der Waals surface area contributed by atoms with E-state index in [1.165, 1.54) is 14.2 Å². The van der Waals surface area contributed by atoms with Crippen LogP contribution in [0, 0.1) is 0 Å². The molecule has 0 aromatic heterocycles. The van der Waals surface area contributed by atoms with Gasteiger partial charge in [-0.25, -0.2) is 0 Å². The van der Waals surface area contributed by atoms with Gasteiger partial charge in [-0.05, 0) is 17.5 Å². The topological polar surface area (TPSA) is 62.3 Å². The fourth-order valence-electron chi connectivity index (χ4n) is 5.52. The molecular formula is C27H35N3O4. The highest BCUT2D eigenvalue weighted by molar-refractivity contribution is 5.77. The Kier molecular flexibility index (Phi) is 7.98. The monoisotopic (exact) mass is 465 g/mol. The third kappa shape index (κ3) is 5.02. The zero-order valence-corrected chi connectivity index (χ0v) is 20.3. The van der Waals surface area contributed by atoms with E-state index in [1.807, 2.05) is 36.4 Å². The van der Waals surface area contributed by atoms with Crippen molar-refractivity contribution >= 4 is 11.9 Å². The molecule has 2 aromatic rings. The first kappa shape index (κ1) is 24.4. The number of ether oxygens (including phenoxy) is 2. The molecule has 0 N–H and O–H groups in total. The van der Waals surface area contributed by atoms with Crippen molar-refractivity contribution < 1.29 is 19.1 Å². The van der Waals surface area contributed by atoms with Gasteiger partial charge < -0.3 is 9.47 Å². The molecule has 0 unspecified atom stereocenters. The van der Waals surface area contributed by atoms with Gasteiger partial charge in [0, 0.05) is 32.5 Å². The molecule has 2 saturated heterocycles. The number of hydrogen-bond donors (Lipinski definition) is 0. The lowest BCUT2D eigenvalue weighted by atomic mass is 9.91. The van der Waals surface area contributed by atoms with E-state index in [1.54, 1.807) is 0 Å². The third-order valence-electron chi connectivity index (χ3n) is 7.04. The number of hydrogen-bond acceptors (Lipinski definition) is 7. The molecule has 4 atom stereocenters. The quantitative estimate of drug-likeness (QED) is 0.555. The van der Waals surface area contributed by atoms with Crippen LogP contribution in [0.1, 0.15) is 37.3 Å². The maximum atomic E-state index is 13.0. The van der Waals surface area contributed by atoms with Gasteiger partial charge in [0.05, 0.1) is 26.6 Å². The summed E-state index contributed by atoms with van der Waals surface area (Å²) in [6.07, 6.45) is 1.97. The van der Waals surface area contributed by atoms with Crippen molar-refractivity contribution in [1.82, 2.24) is 14.7 Å². The van der Waals surface area contributed by atoms with Gasteiger partial charge in [0.25, 0.3) is 0 Å². The first-order valence-electron chi connectivity index (χ1n) is 12.1. The Morgan fingerprint density at radius 2 is 1.15 bits per heavy atom. The van der Waals surface area contributed by atoms with Crippen molar-refractivity contribution in [2.45, 2.75) is 63.7 Å². The largest absolute Gasteiger partial charge is 0.468 e. The minimum absolute atomic E-state index is 0.0703. The van der Waals surface area contributed by atoms with Crippen LogP contribution in [0.5, 0.6) is 0 Å². The lowest BCUT2D eigenvalue weighted by Crippen LogP contribution is -2.73. The Labute approximate surface area is 202 Å². The van der Waals surface area contributed by atoms with Crippen LogP contribution in [0.3, 0.4) is 0 Å². The van der Waals surface area contributed by atoms with Gasteiger partial charge in [0.15, 0.2) is 0 Å². The number of carbonyl (C=O) groups is 2. The number of esters is 2. The maximum absolute atomic E-state index is 13.0. The predicted molar refractivity (Wildman–Crippen MR) is 129 cm³/mol. The summed E-state index contributed by atoms with van der Waals surface area (Å²) in [6, 6.07) is 19.6. The molecule has 7 heteroatoms. The first-order valence-corrected chi connectivity index (χ1v) is 12.1. The van der Waals surface area contributed by atoms with Gasteiger partial charge in [-0.2, -0.15) is 0 Å². The Balaban J connectivity index is 1.73. The molecule has 2 aliphatic rings. The lowest BCUT2D eigenvalue weighted by Gasteiger charge is -2.59. The lowest BCUT2D eigenvalue weighted by molar-refractivity contribution is -0.199. The maximum Gasteiger partial charge on any atom is 0.323 e. The summed E-state index contributed by atoms with van der Waals surface area (Å²) in [5.41, 5.74) is 2.26. The molecular weight excluding hydrogens is 430 g/mol. The van der Waals surface area contributed by atoms with Crippen LogP contribution in [-0.4, -0.2) is 71.8 Å². The summed E-state index contributed by atoms with van der Waals surface area (Å²) in [5, 5.41) is 0. The second-order valence-electron chi connectivity index (χ2n) is 9.06. The van der Waals surface area contributed by atoms with Crippen LogP contribution < -0.4 is 0 Å². The van der Waals surface area contributed by atoms with Crippen molar-refractivity contribution in [2.75, 3.05) is 20.8 Å². The Morgan fingerprint density at radius 3 is 1.50 bits per heavy atom. The molecule has 34 heavy (non-hydrogen) atoms. The molecule has 2 aromatic carbocycles. The van der Waals surface area contributed by atoms with E-state index >= 15 is 0 Å². The number of rotatable bonds is 8. The average Bonchev–Trinajstić information content (AvgIpc) is 2.87. The van der Waals surface area contributed by atoms with Crippen molar-refractivity contribution in [3.05, 3.63) is 71.8 Å². The number of methoxy groups -OCH3 is 2. The molecule has 182 valence electrons. The van der Waals surface area contributed by atoms with Crippen LogP contribution >= 0.6 is 0 Å². The molecule has 2 fully saturated rings. The van der Waals surface area contributed by atoms with Crippen molar-refractivity contribution in [3.8, 4) is 0 Å². The molecule has 0 aliphatic carbocycles. The van der Waals surface area contributed by atoms with Gasteiger partial charge in [-0.15, -0.1) is 0 Å². The van der Waals surface area contributed by atoms with Gasteiger partial charge in [0.2, 0.25) is 0 Å². The fraction of sp³-hybridized carbons (Fsp3) is 0.481. The second kappa shape index (κ2) is 11.1. The normalized spacial score (nSPS) is 25.6. The highest BCUT2D eigenvalue weighted by Crippen LogP contribution is 2.39. The molecule has 2 heterocycles. The fourth-order valence-corrected chi connectivity index (χ4v) is 5.52. The molecule has 0 radical (unpaired) electrons. The van der Waals surface area contributed by atoms with Gasteiger partial charge in [-0.1, -0.05) is 67.6 Å². The minimum atomic E-state index is -0.384. The number of carbonyl (C=O) groups excluding carboxylic acids is 2. The minimum Gasteiger partial charge on any atom is -0.468 e. The molecule has 2 aliphatic heterocycles. The van der Waals surface area contributed by atoms with Crippen molar-refractivity contribution in [2.24, 2.45) is 0 Å². The highest BCUT2D eigenvalue weighted by atomic mass is 16.5. The van der Waals surface area contributed by atoms with E-state index in [-0.39, 0.29) is 36.4 Å². The van der Waals surface area contributed by atoms with Crippen LogP contribution in [0.25, 0.3) is 0 Å². The average molecular weight is 466 g/mol. The van der Waals surface area contributed by atoms with Crippen LogP contribution in [-0.2, 0) is 32.2 Å². The van der Waals surface area contributed by atoms with Gasteiger partial charge in [-0.3, -0.25) is 24.3 Å². The number of fused-ring (bicyclic) bond motifs is 2. The van der Waals surface area contributed by atoms with Crippen LogP contribution in [0.4, 0.5) is 0 Å². The SMILES string of the molecule is CCCN1[C@@H]2C[C@H](C(=O)OC)N(Cc3ccccc3)[C@H]1C[C@H](C(=O)OC)N2Cc1ccccc1. The first-order chi connectivity index (χ1) is 16.6. The summed E-state index contributed by atoms with van der Waals surface area (Å²) in [7, 11) is 2.91. The van der Waals surface area contributed by atoms with E-state index in [2.05, 4.69) is 45.9 Å². The Hall–Kier alpha value is -2.74. The molecule has 4 rings (SSSR count). The zero-order chi connectivity index (χ0) is 24.1. The third-order valence-corrected chi connectivity index (χ3v) is 7.04. The van der Waals surface area contributed by atoms with E-state index in [0.29, 0.717) is 25.9 Å². The molecule has 2 bridgehead atoms. The van der Waals surface area contributed by atoms with E-state index < -0.39 is 0 Å².